The summed E-state index contributed by atoms with van der Waals surface area (Å²) < 4.78 is 13.3. The summed E-state index contributed by atoms with van der Waals surface area (Å²) in [5.74, 6) is 0.193. The maximum Gasteiger partial charge on any atom is 0.126 e. The van der Waals surface area contributed by atoms with Crippen molar-refractivity contribution in [2.24, 2.45) is 0 Å². The van der Waals surface area contributed by atoms with Gasteiger partial charge in [0.25, 0.3) is 0 Å². The van der Waals surface area contributed by atoms with Crippen molar-refractivity contribution < 1.29 is 4.39 Å². The Morgan fingerprint density at radius 3 is 2.17 bits per heavy atom. The predicted octanol–water partition coefficient (Wildman–Crippen LogP) is 3.57. The van der Waals surface area contributed by atoms with Crippen LogP contribution in [0.15, 0.2) is 12.1 Å². The number of hydrogen-bond donors (Lipinski definition) is 0. The van der Waals surface area contributed by atoms with E-state index in [4.69, 9.17) is 0 Å². The van der Waals surface area contributed by atoms with Crippen LogP contribution in [0.4, 0.5) is 4.39 Å². The minimum atomic E-state index is -0.0758. The minimum Gasteiger partial charge on any atom is -0.207 e. The zero-order valence-corrected chi connectivity index (χ0v) is 8.11. The van der Waals surface area contributed by atoms with Crippen molar-refractivity contribution in [3.8, 4) is 0 Å². The van der Waals surface area contributed by atoms with Crippen LogP contribution in [0.1, 0.15) is 36.5 Å². The lowest BCUT2D eigenvalue weighted by Gasteiger charge is -2.12. The summed E-state index contributed by atoms with van der Waals surface area (Å²) in [5.41, 5.74) is 3.11. The normalized spacial score (nSPS) is 10.8. The Morgan fingerprint density at radius 2 is 1.75 bits per heavy atom. The second-order valence-corrected chi connectivity index (χ2v) is 3.56. The topological polar surface area (TPSA) is 0 Å². The van der Waals surface area contributed by atoms with Crippen LogP contribution in [-0.2, 0) is 0 Å². The Labute approximate surface area is 73.4 Å². The van der Waals surface area contributed by atoms with Crippen molar-refractivity contribution in [1.29, 1.82) is 0 Å². The largest absolute Gasteiger partial charge is 0.207 e. The average Bonchev–Trinajstić information content (AvgIpc) is 1.97. The maximum absolute atomic E-state index is 13.3. The van der Waals surface area contributed by atoms with E-state index in [1.807, 2.05) is 33.8 Å². The quantitative estimate of drug-likeness (QED) is 0.598. The lowest BCUT2D eigenvalue weighted by Crippen LogP contribution is -1.98. The Balaban J connectivity index is 3.33. The summed E-state index contributed by atoms with van der Waals surface area (Å²) in [4.78, 5) is 0. The molecular weight excluding hydrogens is 151 g/mol. The van der Waals surface area contributed by atoms with Gasteiger partial charge in [0.05, 0.1) is 0 Å². The van der Waals surface area contributed by atoms with Gasteiger partial charge in [-0.3, -0.25) is 0 Å². The Kier molecular flexibility index (Phi) is 2.51. The van der Waals surface area contributed by atoms with Crippen LogP contribution in [0, 0.1) is 19.7 Å². The fraction of sp³-hybridized carbons (Fsp3) is 0.455. The molecule has 0 unspecified atom stereocenters. The number of halogens is 1. The molecule has 1 heteroatoms. The number of hydrogen-bond acceptors (Lipinski definition) is 0. The van der Waals surface area contributed by atoms with Crippen molar-refractivity contribution in [3.63, 3.8) is 0 Å². The van der Waals surface area contributed by atoms with Gasteiger partial charge in [-0.1, -0.05) is 19.9 Å². The van der Waals surface area contributed by atoms with E-state index in [1.165, 1.54) is 5.56 Å². The zero-order chi connectivity index (χ0) is 9.30. The van der Waals surface area contributed by atoms with Crippen molar-refractivity contribution in [3.05, 3.63) is 34.6 Å². The monoisotopic (exact) mass is 166 g/mol. The van der Waals surface area contributed by atoms with Crippen molar-refractivity contribution in [2.45, 2.75) is 33.6 Å². The molecule has 0 heterocycles. The molecule has 0 aromatic heterocycles. The zero-order valence-electron chi connectivity index (χ0n) is 8.11. The van der Waals surface area contributed by atoms with Gasteiger partial charge in [-0.15, -0.1) is 0 Å². The van der Waals surface area contributed by atoms with E-state index in [0.717, 1.165) is 11.1 Å². The molecule has 0 aliphatic carbocycles. The molecule has 0 saturated carbocycles. The van der Waals surface area contributed by atoms with Crippen LogP contribution >= 0.6 is 0 Å². The highest BCUT2D eigenvalue weighted by Crippen LogP contribution is 2.24. The molecule has 0 aliphatic rings. The first-order valence-electron chi connectivity index (χ1n) is 4.29. The molecule has 0 aliphatic heterocycles. The summed E-state index contributed by atoms with van der Waals surface area (Å²) in [6.45, 7) is 8.03. The van der Waals surface area contributed by atoms with Crippen molar-refractivity contribution in [1.82, 2.24) is 0 Å². The lowest BCUT2D eigenvalue weighted by molar-refractivity contribution is 0.595. The Bertz CT molecular complexity index is 287. The first-order chi connectivity index (χ1) is 5.54. The second kappa shape index (κ2) is 3.26. The van der Waals surface area contributed by atoms with Gasteiger partial charge < -0.3 is 0 Å². The van der Waals surface area contributed by atoms with Crippen LogP contribution in [-0.4, -0.2) is 0 Å². The maximum atomic E-state index is 13.3. The van der Waals surface area contributed by atoms with E-state index in [2.05, 4.69) is 0 Å². The van der Waals surface area contributed by atoms with E-state index in [1.54, 1.807) is 6.07 Å². The summed E-state index contributed by atoms with van der Waals surface area (Å²) >= 11 is 0. The highest BCUT2D eigenvalue weighted by molar-refractivity contribution is 5.36. The molecule has 0 radical (unpaired) electrons. The van der Waals surface area contributed by atoms with Gasteiger partial charge in [0, 0.05) is 0 Å². The third kappa shape index (κ3) is 1.50. The molecule has 0 nitrogen and oxygen atoms in total. The fourth-order valence-corrected chi connectivity index (χ4v) is 1.51. The van der Waals surface area contributed by atoms with Gasteiger partial charge in [-0.25, -0.2) is 4.39 Å². The molecule has 1 aromatic carbocycles. The van der Waals surface area contributed by atoms with E-state index in [-0.39, 0.29) is 11.7 Å². The van der Waals surface area contributed by atoms with Crippen LogP contribution in [0.25, 0.3) is 0 Å². The second-order valence-electron chi connectivity index (χ2n) is 3.56. The highest BCUT2D eigenvalue weighted by Gasteiger charge is 2.10. The van der Waals surface area contributed by atoms with Gasteiger partial charge in [0.15, 0.2) is 0 Å². The van der Waals surface area contributed by atoms with Crippen LogP contribution in [0.3, 0.4) is 0 Å². The van der Waals surface area contributed by atoms with Crippen molar-refractivity contribution in [2.75, 3.05) is 0 Å². The van der Waals surface area contributed by atoms with Crippen LogP contribution in [0.2, 0.25) is 0 Å². The molecule has 0 saturated heterocycles. The highest BCUT2D eigenvalue weighted by atomic mass is 19.1. The summed E-state index contributed by atoms with van der Waals surface area (Å²) in [6, 6.07) is 3.38. The molecule has 0 fully saturated rings. The first-order valence-corrected chi connectivity index (χ1v) is 4.29. The van der Waals surface area contributed by atoms with E-state index in [9.17, 15) is 4.39 Å². The lowest BCUT2D eigenvalue weighted by atomic mass is 9.94. The summed E-state index contributed by atoms with van der Waals surface area (Å²) in [7, 11) is 0. The smallest absolute Gasteiger partial charge is 0.126 e. The summed E-state index contributed by atoms with van der Waals surface area (Å²) in [6.07, 6.45) is 0. The van der Waals surface area contributed by atoms with Gasteiger partial charge in [0.1, 0.15) is 5.82 Å². The predicted molar refractivity (Wildman–Crippen MR) is 50.0 cm³/mol. The third-order valence-electron chi connectivity index (χ3n) is 2.31. The van der Waals surface area contributed by atoms with Gasteiger partial charge in [0.2, 0.25) is 0 Å². The number of benzene rings is 1. The van der Waals surface area contributed by atoms with Crippen LogP contribution < -0.4 is 0 Å². The van der Waals surface area contributed by atoms with E-state index < -0.39 is 0 Å². The fourth-order valence-electron chi connectivity index (χ4n) is 1.51. The molecule has 0 amide bonds. The molecule has 12 heavy (non-hydrogen) atoms. The van der Waals surface area contributed by atoms with E-state index in [0.29, 0.717) is 0 Å². The van der Waals surface area contributed by atoms with Gasteiger partial charge in [-0.2, -0.15) is 0 Å². The first kappa shape index (κ1) is 9.24. The summed E-state index contributed by atoms with van der Waals surface area (Å²) in [5, 5.41) is 0. The average molecular weight is 166 g/mol. The molecule has 0 atom stereocenters. The van der Waals surface area contributed by atoms with Crippen LogP contribution in [0.5, 0.6) is 0 Å². The molecule has 1 aromatic rings. The number of rotatable bonds is 1. The molecule has 0 bridgehead atoms. The molecule has 0 N–H and O–H groups in total. The SMILES string of the molecule is Cc1ccc(F)c(C(C)C)c1C. The molecule has 66 valence electrons. The molecular formula is C11H15F. The van der Waals surface area contributed by atoms with Gasteiger partial charge in [-0.05, 0) is 42.5 Å². The third-order valence-corrected chi connectivity index (χ3v) is 2.31. The molecule has 0 spiro atoms. The standard InChI is InChI=1S/C11H15F/c1-7(2)11-9(4)8(3)5-6-10(11)12/h5-7H,1-4H3. The van der Waals surface area contributed by atoms with Gasteiger partial charge >= 0.3 is 0 Å². The molecule has 1 rings (SSSR count). The Morgan fingerprint density at radius 1 is 1.17 bits per heavy atom. The Hall–Kier alpha value is -0.850. The van der Waals surface area contributed by atoms with E-state index >= 15 is 0 Å². The number of aryl methyl sites for hydroxylation is 1. The minimum absolute atomic E-state index is 0.0758. The van der Waals surface area contributed by atoms with Crippen molar-refractivity contribution >= 4 is 0 Å².